The fourth-order valence-electron chi connectivity index (χ4n) is 2.85. The molecule has 1 aliphatic rings. The van der Waals surface area contributed by atoms with E-state index in [0.717, 1.165) is 44.1 Å². The Bertz CT molecular complexity index is 704. The summed E-state index contributed by atoms with van der Waals surface area (Å²) in [4.78, 5) is 20.9. The lowest BCUT2D eigenvalue weighted by atomic mass is 10.2. The van der Waals surface area contributed by atoms with E-state index in [1.807, 2.05) is 13.8 Å². The van der Waals surface area contributed by atoms with E-state index in [0.29, 0.717) is 18.3 Å². The Morgan fingerprint density at radius 2 is 2.04 bits per heavy atom. The van der Waals surface area contributed by atoms with Crippen LogP contribution >= 0.6 is 0 Å². The van der Waals surface area contributed by atoms with Crippen molar-refractivity contribution in [3.8, 4) is 0 Å². The maximum Gasteiger partial charge on any atom is 0.243 e. The molecule has 1 atom stereocenters. The van der Waals surface area contributed by atoms with Crippen LogP contribution in [0, 0.1) is 6.92 Å². The first kappa shape index (κ1) is 17.6. The van der Waals surface area contributed by atoms with Crippen molar-refractivity contribution >= 4 is 11.8 Å². The minimum absolute atomic E-state index is 0.0842. The topological polar surface area (TPSA) is 101 Å². The highest BCUT2D eigenvalue weighted by molar-refractivity contribution is 5.90. The number of aryl methyl sites for hydroxylation is 2. The Labute approximate surface area is 146 Å². The van der Waals surface area contributed by atoms with Gasteiger partial charge in [0.05, 0.1) is 18.3 Å². The number of aromatic nitrogens is 3. The van der Waals surface area contributed by atoms with Gasteiger partial charge in [-0.15, -0.1) is 0 Å². The minimum atomic E-state index is -0.0952. The number of nitrogens with zero attached hydrogens (tertiary/aromatic N) is 5. The molecule has 1 N–H and O–H groups in total. The van der Waals surface area contributed by atoms with Crippen LogP contribution < -0.4 is 5.32 Å². The summed E-state index contributed by atoms with van der Waals surface area (Å²) in [5.74, 6) is 1.68. The fraction of sp³-hybridized carbons (Fsp3) is 0.625. The molecule has 1 saturated heterocycles. The fourth-order valence-corrected chi connectivity index (χ4v) is 2.85. The van der Waals surface area contributed by atoms with Gasteiger partial charge in [0.15, 0.2) is 5.82 Å². The van der Waals surface area contributed by atoms with E-state index in [4.69, 9.17) is 9.05 Å². The van der Waals surface area contributed by atoms with Crippen molar-refractivity contribution in [2.45, 2.75) is 33.2 Å². The van der Waals surface area contributed by atoms with Gasteiger partial charge in [-0.3, -0.25) is 19.9 Å². The van der Waals surface area contributed by atoms with Gasteiger partial charge < -0.3 is 9.05 Å². The summed E-state index contributed by atoms with van der Waals surface area (Å²) < 4.78 is 10.3. The zero-order valence-corrected chi connectivity index (χ0v) is 14.9. The third kappa shape index (κ3) is 4.43. The molecule has 1 aliphatic heterocycles. The van der Waals surface area contributed by atoms with E-state index in [9.17, 15) is 4.79 Å². The number of hydrogen-bond donors (Lipinski definition) is 1. The summed E-state index contributed by atoms with van der Waals surface area (Å²) in [7, 11) is 0. The smallest absolute Gasteiger partial charge is 0.243 e. The number of piperazine rings is 1. The second-order valence-electron chi connectivity index (χ2n) is 6.27. The third-order valence-corrected chi connectivity index (χ3v) is 4.37. The second kappa shape index (κ2) is 7.75. The highest BCUT2D eigenvalue weighted by Gasteiger charge is 2.26. The summed E-state index contributed by atoms with van der Waals surface area (Å²) >= 11 is 0. The number of rotatable bonds is 6. The summed E-state index contributed by atoms with van der Waals surface area (Å²) in [6, 6.07) is 1.79. The predicted octanol–water partition coefficient (Wildman–Crippen LogP) is 1.25. The van der Waals surface area contributed by atoms with Crippen molar-refractivity contribution in [2.24, 2.45) is 0 Å². The number of anilines is 1. The number of nitrogens with one attached hydrogen (secondary N) is 1. The van der Waals surface area contributed by atoms with Crippen LogP contribution in [0.4, 0.5) is 5.88 Å². The van der Waals surface area contributed by atoms with Crippen molar-refractivity contribution in [2.75, 3.05) is 38.0 Å². The molecule has 0 aromatic carbocycles. The van der Waals surface area contributed by atoms with Crippen molar-refractivity contribution in [1.82, 2.24) is 25.1 Å². The molecule has 136 valence electrons. The monoisotopic (exact) mass is 348 g/mol. The first-order valence-corrected chi connectivity index (χ1v) is 8.57. The van der Waals surface area contributed by atoms with Gasteiger partial charge in [-0.1, -0.05) is 17.2 Å². The first-order valence-electron chi connectivity index (χ1n) is 8.57. The Morgan fingerprint density at radius 3 is 2.64 bits per heavy atom. The van der Waals surface area contributed by atoms with Crippen LogP contribution in [-0.4, -0.2) is 63.7 Å². The van der Waals surface area contributed by atoms with Gasteiger partial charge in [-0.25, -0.2) is 0 Å². The van der Waals surface area contributed by atoms with Crippen LogP contribution in [0.15, 0.2) is 15.1 Å². The Morgan fingerprint density at radius 1 is 1.28 bits per heavy atom. The number of hydrogen-bond acceptors (Lipinski definition) is 8. The number of carbonyl (C=O) groups is 1. The summed E-state index contributed by atoms with van der Waals surface area (Å²) in [5.41, 5.74) is 0.741. The molecule has 0 radical (unpaired) electrons. The van der Waals surface area contributed by atoms with Crippen molar-refractivity contribution in [3.63, 3.8) is 0 Å². The molecule has 25 heavy (non-hydrogen) atoms. The molecule has 2 aromatic rings. The first-order chi connectivity index (χ1) is 12.0. The lowest BCUT2D eigenvalue weighted by Gasteiger charge is -2.36. The molecule has 0 aliphatic carbocycles. The van der Waals surface area contributed by atoms with Gasteiger partial charge >= 0.3 is 0 Å². The molecule has 2 aromatic heterocycles. The van der Waals surface area contributed by atoms with Crippen molar-refractivity contribution in [1.29, 1.82) is 0 Å². The zero-order valence-electron chi connectivity index (χ0n) is 14.9. The zero-order chi connectivity index (χ0) is 17.8. The quantitative estimate of drug-likeness (QED) is 0.832. The molecule has 1 fully saturated rings. The lowest BCUT2D eigenvalue weighted by Crippen LogP contribution is -2.49. The van der Waals surface area contributed by atoms with Crippen molar-refractivity contribution in [3.05, 3.63) is 23.5 Å². The van der Waals surface area contributed by atoms with E-state index in [2.05, 4.69) is 37.3 Å². The molecular formula is C16H24N6O3. The van der Waals surface area contributed by atoms with Gasteiger partial charge in [0.2, 0.25) is 17.7 Å². The van der Waals surface area contributed by atoms with Crippen molar-refractivity contribution < 1.29 is 13.8 Å². The van der Waals surface area contributed by atoms with Crippen LogP contribution in [0.25, 0.3) is 0 Å². The van der Waals surface area contributed by atoms with Gasteiger partial charge in [-0.05, 0) is 13.8 Å². The highest BCUT2D eigenvalue weighted by atomic mass is 16.5. The van der Waals surface area contributed by atoms with Gasteiger partial charge in [0.25, 0.3) is 0 Å². The van der Waals surface area contributed by atoms with E-state index in [1.165, 1.54) is 0 Å². The average Bonchev–Trinajstić information content (AvgIpc) is 3.24. The van der Waals surface area contributed by atoms with Crippen LogP contribution in [0.3, 0.4) is 0 Å². The molecular weight excluding hydrogens is 324 g/mol. The molecule has 0 unspecified atom stereocenters. The van der Waals surface area contributed by atoms with E-state index >= 15 is 0 Å². The Balaban J connectivity index is 1.45. The SMILES string of the molecule is CCc1noc([C@@H](C)N2CCN(CC(=O)Nc3cc(C)no3)CC2)n1. The molecule has 9 heteroatoms. The van der Waals surface area contributed by atoms with Crippen LogP contribution in [0.2, 0.25) is 0 Å². The van der Waals surface area contributed by atoms with E-state index in [1.54, 1.807) is 6.07 Å². The standard InChI is InChI=1S/C16H24N6O3/c1-4-13-17-16(25-20-13)12(3)22-7-5-21(6-8-22)10-14(23)18-15-9-11(2)19-24-15/h9,12H,4-8,10H2,1-3H3,(H,18,23)/t12-/m1/s1. The summed E-state index contributed by atoms with van der Waals surface area (Å²) in [6.45, 7) is 9.53. The van der Waals surface area contributed by atoms with Gasteiger partial charge in [0.1, 0.15) is 0 Å². The van der Waals surface area contributed by atoms with Gasteiger partial charge in [-0.2, -0.15) is 4.98 Å². The van der Waals surface area contributed by atoms with E-state index in [-0.39, 0.29) is 11.9 Å². The Kier molecular flexibility index (Phi) is 5.44. The predicted molar refractivity (Wildman–Crippen MR) is 90.0 cm³/mol. The number of amides is 1. The molecule has 0 spiro atoms. The van der Waals surface area contributed by atoms with Crippen LogP contribution in [0.5, 0.6) is 0 Å². The molecule has 0 bridgehead atoms. The molecule has 1 amide bonds. The normalized spacial score (nSPS) is 17.6. The van der Waals surface area contributed by atoms with Crippen LogP contribution in [-0.2, 0) is 11.2 Å². The largest absolute Gasteiger partial charge is 0.338 e. The number of carbonyl (C=O) groups excluding carboxylic acids is 1. The maximum atomic E-state index is 12.1. The highest BCUT2D eigenvalue weighted by Crippen LogP contribution is 2.20. The molecule has 3 rings (SSSR count). The second-order valence-corrected chi connectivity index (χ2v) is 6.27. The average molecular weight is 348 g/mol. The van der Waals surface area contributed by atoms with Crippen LogP contribution in [0.1, 0.15) is 37.3 Å². The lowest BCUT2D eigenvalue weighted by molar-refractivity contribution is -0.117. The molecule has 0 saturated carbocycles. The van der Waals surface area contributed by atoms with E-state index < -0.39 is 0 Å². The summed E-state index contributed by atoms with van der Waals surface area (Å²) in [6.07, 6.45) is 0.768. The molecule has 9 nitrogen and oxygen atoms in total. The third-order valence-electron chi connectivity index (χ3n) is 4.37. The maximum absolute atomic E-state index is 12.1. The minimum Gasteiger partial charge on any atom is -0.338 e. The summed E-state index contributed by atoms with van der Waals surface area (Å²) in [5, 5.41) is 10.4. The Hall–Kier alpha value is -2.26. The molecule has 3 heterocycles. The van der Waals surface area contributed by atoms with Gasteiger partial charge in [0, 0.05) is 38.7 Å².